The molecule has 1 heterocycles. The molecule has 92 valence electrons. The van der Waals surface area contributed by atoms with Gasteiger partial charge in [0.25, 0.3) is 0 Å². The van der Waals surface area contributed by atoms with Crippen molar-refractivity contribution in [3.8, 4) is 0 Å². The fourth-order valence-electron chi connectivity index (χ4n) is 3.70. The smallest absolute Gasteiger partial charge is 0.154 e. The number of Topliss-reactive ketones (excluding diaryl/α,β-unsaturated/α-hetero) is 1. The molecule has 2 aliphatic rings. The second-order valence-electron chi connectivity index (χ2n) is 5.87. The Bertz CT molecular complexity index is 264. The molecule has 1 aliphatic carbocycles. The van der Waals surface area contributed by atoms with Gasteiger partial charge in [-0.25, -0.2) is 0 Å². The van der Waals surface area contributed by atoms with Gasteiger partial charge in [-0.15, -0.1) is 0 Å². The van der Waals surface area contributed by atoms with E-state index in [1.54, 1.807) is 0 Å². The first-order valence-electron chi connectivity index (χ1n) is 6.88. The normalized spacial score (nSPS) is 36.5. The summed E-state index contributed by atoms with van der Waals surface area (Å²) in [4.78, 5) is 14.6. The summed E-state index contributed by atoms with van der Waals surface area (Å²) in [5.74, 6) is 2.15. The van der Waals surface area contributed by atoms with Crippen molar-refractivity contribution in [2.24, 2.45) is 11.8 Å². The molecule has 2 heteroatoms. The first-order chi connectivity index (χ1) is 7.60. The van der Waals surface area contributed by atoms with Gasteiger partial charge in [0.1, 0.15) is 0 Å². The molecule has 2 rings (SSSR count). The maximum Gasteiger partial charge on any atom is 0.154 e. The van der Waals surface area contributed by atoms with Gasteiger partial charge >= 0.3 is 0 Å². The highest BCUT2D eigenvalue weighted by atomic mass is 16.1. The fraction of sp³-hybridized carbons (Fsp3) is 0.929. The van der Waals surface area contributed by atoms with Crippen molar-refractivity contribution in [1.29, 1.82) is 0 Å². The zero-order valence-corrected chi connectivity index (χ0v) is 11.0. The van der Waals surface area contributed by atoms with Crippen LogP contribution in [0.25, 0.3) is 0 Å². The minimum atomic E-state index is -0.0415. The van der Waals surface area contributed by atoms with Crippen molar-refractivity contribution in [1.82, 2.24) is 4.90 Å². The van der Waals surface area contributed by atoms with Gasteiger partial charge in [-0.3, -0.25) is 9.69 Å². The summed E-state index contributed by atoms with van der Waals surface area (Å²) in [5.41, 5.74) is -0.0415. The third-order valence-electron chi connectivity index (χ3n) is 4.92. The predicted molar refractivity (Wildman–Crippen MR) is 66.4 cm³/mol. The number of carbonyl (C=O) groups is 1. The van der Waals surface area contributed by atoms with Crippen LogP contribution in [-0.2, 0) is 4.79 Å². The Morgan fingerprint density at radius 2 is 2.00 bits per heavy atom. The molecule has 0 aromatic heterocycles. The van der Waals surface area contributed by atoms with Crippen molar-refractivity contribution < 1.29 is 4.79 Å². The molecule has 0 unspecified atom stereocenters. The Morgan fingerprint density at radius 1 is 1.38 bits per heavy atom. The van der Waals surface area contributed by atoms with Crippen molar-refractivity contribution in [3.63, 3.8) is 0 Å². The Hall–Kier alpha value is -0.370. The number of likely N-dealkylation sites (tertiary alicyclic amines) is 1. The molecule has 0 bridgehead atoms. The SMILES string of the molecule is CCN1CCC(=O)C12CCC(C(C)C)CC2. The van der Waals surface area contributed by atoms with Crippen LogP contribution in [-0.4, -0.2) is 29.3 Å². The van der Waals surface area contributed by atoms with Gasteiger partial charge in [-0.05, 0) is 44.1 Å². The van der Waals surface area contributed by atoms with Crippen LogP contribution in [0.1, 0.15) is 52.9 Å². The zero-order valence-electron chi connectivity index (χ0n) is 11.0. The van der Waals surface area contributed by atoms with Crippen molar-refractivity contribution in [3.05, 3.63) is 0 Å². The lowest BCUT2D eigenvalue weighted by atomic mass is 9.71. The first kappa shape index (κ1) is 12.1. The molecule has 1 spiro atoms. The van der Waals surface area contributed by atoms with Crippen LogP contribution in [0.3, 0.4) is 0 Å². The van der Waals surface area contributed by atoms with Crippen LogP contribution >= 0.6 is 0 Å². The third-order valence-corrected chi connectivity index (χ3v) is 4.92. The lowest BCUT2D eigenvalue weighted by Gasteiger charge is -2.43. The molecule has 0 radical (unpaired) electrons. The molecule has 1 aliphatic heterocycles. The van der Waals surface area contributed by atoms with E-state index >= 15 is 0 Å². The lowest BCUT2D eigenvalue weighted by Crippen LogP contribution is -2.51. The van der Waals surface area contributed by atoms with Crippen LogP contribution < -0.4 is 0 Å². The van der Waals surface area contributed by atoms with E-state index in [2.05, 4.69) is 25.7 Å². The molecule has 0 N–H and O–H groups in total. The summed E-state index contributed by atoms with van der Waals surface area (Å²) in [6, 6.07) is 0. The standard InChI is InChI=1S/C14H25NO/c1-4-15-10-7-13(16)14(15)8-5-12(6-9-14)11(2)3/h11-12H,4-10H2,1-3H3. The number of hydrogen-bond acceptors (Lipinski definition) is 2. The zero-order chi connectivity index (χ0) is 11.8. The van der Waals surface area contributed by atoms with Gasteiger partial charge < -0.3 is 0 Å². The van der Waals surface area contributed by atoms with Gasteiger partial charge in [0, 0.05) is 13.0 Å². The van der Waals surface area contributed by atoms with Gasteiger partial charge in [-0.2, -0.15) is 0 Å². The summed E-state index contributed by atoms with van der Waals surface area (Å²) in [6.07, 6.45) is 5.52. The molecule has 16 heavy (non-hydrogen) atoms. The number of rotatable bonds is 2. The Morgan fingerprint density at radius 3 is 2.50 bits per heavy atom. The number of hydrogen-bond donors (Lipinski definition) is 0. The van der Waals surface area contributed by atoms with Gasteiger partial charge in [0.15, 0.2) is 5.78 Å². The van der Waals surface area contributed by atoms with Crippen LogP contribution in [0.4, 0.5) is 0 Å². The average Bonchev–Trinajstić information content (AvgIpc) is 2.57. The summed E-state index contributed by atoms with van der Waals surface area (Å²) in [6.45, 7) is 8.86. The molecule has 0 aromatic carbocycles. The van der Waals surface area contributed by atoms with Crippen LogP contribution in [0, 0.1) is 11.8 Å². The van der Waals surface area contributed by atoms with Gasteiger partial charge in [-0.1, -0.05) is 20.8 Å². The Labute approximate surface area is 99.4 Å². The van der Waals surface area contributed by atoms with Crippen LogP contribution in [0.5, 0.6) is 0 Å². The van der Waals surface area contributed by atoms with E-state index in [0.29, 0.717) is 5.78 Å². The molecule has 1 saturated carbocycles. The Balaban J connectivity index is 2.07. The van der Waals surface area contributed by atoms with Crippen LogP contribution in [0.15, 0.2) is 0 Å². The molecule has 0 amide bonds. The van der Waals surface area contributed by atoms with E-state index in [4.69, 9.17) is 0 Å². The fourth-order valence-corrected chi connectivity index (χ4v) is 3.70. The molecule has 1 saturated heterocycles. The highest BCUT2D eigenvalue weighted by Crippen LogP contribution is 2.43. The highest BCUT2D eigenvalue weighted by Gasteiger charge is 2.49. The highest BCUT2D eigenvalue weighted by molar-refractivity contribution is 5.90. The predicted octanol–water partition coefficient (Wildman–Crippen LogP) is 2.87. The number of likely N-dealkylation sites (N-methyl/N-ethyl adjacent to an activating group) is 1. The van der Waals surface area contributed by atoms with Crippen molar-refractivity contribution in [2.75, 3.05) is 13.1 Å². The monoisotopic (exact) mass is 223 g/mol. The van der Waals surface area contributed by atoms with E-state index in [0.717, 1.165) is 44.2 Å². The van der Waals surface area contributed by atoms with Gasteiger partial charge in [0.05, 0.1) is 5.54 Å². The molecule has 0 aromatic rings. The molecular weight excluding hydrogens is 198 g/mol. The van der Waals surface area contributed by atoms with E-state index in [1.807, 2.05) is 0 Å². The maximum absolute atomic E-state index is 12.2. The molecule has 0 atom stereocenters. The summed E-state index contributed by atoms with van der Waals surface area (Å²) in [5, 5.41) is 0. The minimum Gasteiger partial charge on any atom is -0.298 e. The largest absolute Gasteiger partial charge is 0.298 e. The average molecular weight is 223 g/mol. The topological polar surface area (TPSA) is 20.3 Å². The summed E-state index contributed by atoms with van der Waals surface area (Å²) in [7, 11) is 0. The van der Waals surface area contributed by atoms with Crippen molar-refractivity contribution >= 4 is 5.78 Å². The summed E-state index contributed by atoms with van der Waals surface area (Å²) < 4.78 is 0. The molecule has 2 fully saturated rings. The maximum atomic E-state index is 12.2. The van der Waals surface area contributed by atoms with Crippen molar-refractivity contribution in [2.45, 2.75) is 58.4 Å². The second kappa shape index (κ2) is 4.48. The lowest BCUT2D eigenvalue weighted by molar-refractivity contribution is -0.127. The number of carbonyl (C=O) groups excluding carboxylic acids is 1. The van der Waals surface area contributed by atoms with E-state index < -0.39 is 0 Å². The number of nitrogens with zero attached hydrogens (tertiary/aromatic N) is 1. The molecule has 2 nitrogen and oxygen atoms in total. The van der Waals surface area contributed by atoms with E-state index in [-0.39, 0.29) is 5.54 Å². The Kier molecular flexibility index (Phi) is 3.39. The quantitative estimate of drug-likeness (QED) is 0.717. The summed E-state index contributed by atoms with van der Waals surface area (Å²) >= 11 is 0. The third kappa shape index (κ3) is 1.81. The first-order valence-corrected chi connectivity index (χ1v) is 6.88. The van der Waals surface area contributed by atoms with Gasteiger partial charge in [0.2, 0.25) is 0 Å². The second-order valence-corrected chi connectivity index (χ2v) is 5.87. The van der Waals surface area contributed by atoms with E-state index in [1.165, 1.54) is 12.8 Å². The molecular formula is C14H25NO. The number of ketones is 1. The van der Waals surface area contributed by atoms with E-state index in [9.17, 15) is 4.79 Å². The van der Waals surface area contributed by atoms with Crippen LogP contribution in [0.2, 0.25) is 0 Å². The minimum absolute atomic E-state index is 0.0415.